The number of rotatable bonds is 5. The van der Waals surface area contributed by atoms with E-state index in [1.54, 1.807) is 17.2 Å². The minimum absolute atomic E-state index is 0.0259. The molecule has 2 N–H and O–H groups in total. The average Bonchev–Trinajstić information content (AvgIpc) is 3.02. The van der Waals surface area contributed by atoms with Crippen LogP contribution in [0.2, 0.25) is 0 Å². The van der Waals surface area contributed by atoms with E-state index < -0.39 is 53.8 Å². The summed E-state index contributed by atoms with van der Waals surface area (Å²) >= 11 is 0. The van der Waals surface area contributed by atoms with Gasteiger partial charge in [0.1, 0.15) is 6.10 Å². The Labute approximate surface area is 166 Å². The maximum atomic E-state index is 12.9. The number of halogens is 6. The normalized spacial score (nSPS) is 21.6. The van der Waals surface area contributed by atoms with Crippen molar-refractivity contribution in [3.8, 4) is 0 Å². The second-order valence-corrected chi connectivity index (χ2v) is 6.98. The monoisotopic (exact) mass is 434 g/mol. The van der Waals surface area contributed by atoms with Crippen LogP contribution in [0.4, 0.5) is 26.3 Å². The highest BCUT2D eigenvalue weighted by Gasteiger charge is 2.38. The van der Waals surface area contributed by atoms with Crippen LogP contribution in [0.1, 0.15) is 16.7 Å². The van der Waals surface area contributed by atoms with E-state index >= 15 is 0 Å². The van der Waals surface area contributed by atoms with Crippen molar-refractivity contribution in [3.63, 3.8) is 0 Å². The molecule has 1 heterocycles. The zero-order valence-electron chi connectivity index (χ0n) is 15.3. The number of primary amides is 1. The van der Waals surface area contributed by atoms with Crippen LogP contribution in [0.15, 0.2) is 42.1 Å². The molecule has 1 aromatic carbocycles. The standard InChI is InChI=1S/C19H16F6N2O3/c20-18(21,22)12-3-10(4-13(5-12)19(23,24)25)9-30-15-2-1-11-6-27(8-16(26)28)7-14(11)17(15)29/h1-6,14-15H,7-9H2,(H2,26,28). The lowest BCUT2D eigenvalue weighted by atomic mass is 9.88. The van der Waals surface area contributed by atoms with Gasteiger partial charge in [-0.2, -0.15) is 26.3 Å². The van der Waals surface area contributed by atoms with Gasteiger partial charge < -0.3 is 15.4 Å². The fourth-order valence-corrected chi connectivity index (χ4v) is 3.34. The highest BCUT2D eigenvalue weighted by molar-refractivity contribution is 5.92. The molecule has 1 aromatic rings. The first-order chi connectivity index (χ1) is 13.8. The number of amides is 1. The van der Waals surface area contributed by atoms with Crippen molar-refractivity contribution in [2.75, 3.05) is 13.1 Å². The maximum Gasteiger partial charge on any atom is 0.416 e. The molecule has 0 radical (unpaired) electrons. The molecule has 0 bridgehead atoms. The second kappa shape index (κ2) is 7.78. The fraction of sp³-hybridized carbons (Fsp3) is 0.368. The quantitative estimate of drug-likeness (QED) is 0.724. The third-order valence-corrected chi connectivity index (χ3v) is 4.67. The molecule has 30 heavy (non-hydrogen) atoms. The zero-order chi connectivity index (χ0) is 22.3. The highest BCUT2D eigenvalue weighted by Crippen LogP contribution is 2.37. The van der Waals surface area contributed by atoms with E-state index in [-0.39, 0.29) is 24.7 Å². The average molecular weight is 434 g/mol. The molecule has 2 unspecified atom stereocenters. The van der Waals surface area contributed by atoms with Gasteiger partial charge >= 0.3 is 12.4 Å². The Morgan fingerprint density at radius 1 is 1.10 bits per heavy atom. The second-order valence-electron chi connectivity index (χ2n) is 6.98. The Morgan fingerprint density at radius 2 is 1.70 bits per heavy atom. The molecular formula is C19H16F6N2O3. The van der Waals surface area contributed by atoms with Crippen LogP contribution < -0.4 is 5.73 Å². The van der Waals surface area contributed by atoms with Gasteiger partial charge in [-0.25, -0.2) is 0 Å². The van der Waals surface area contributed by atoms with Crippen molar-refractivity contribution < 1.29 is 40.7 Å². The number of ketones is 1. The van der Waals surface area contributed by atoms with Crippen LogP contribution in [-0.2, 0) is 33.3 Å². The molecular weight excluding hydrogens is 418 g/mol. The summed E-state index contributed by atoms with van der Waals surface area (Å²) in [5, 5.41) is 0. The molecule has 0 aromatic heterocycles. The molecule has 11 heteroatoms. The van der Waals surface area contributed by atoms with Gasteiger partial charge in [0.25, 0.3) is 0 Å². The number of ether oxygens (including phenoxy) is 1. The van der Waals surface area contributed by atoms with E-state index in [0.29, 0.717) is 17.7 Å². The summed E-state index contributed by atoms with van der Waals surface area (Å²) in [6.07, 6.45) is -6.53. The Bertz CT molecular complexity index is 888. The lowest BCUT2D eigenvalue weighted by Gasteiger charge is -2.23. The van der Waals surface area contributed by atoms with Crippen molar-refractivity contribution >= 4 is 11.7 Å². The summed E-state index contributed by atoms with van der Waals surface area (Å²) in [6, 6.07) is 1.14. The molecule has 2 atom stereocenters. The van der Waals surface area contributed by atoms with E-state index in [1.165, 1.54) is 6.08 Å². The summed E-state index contributed by atoms with van der Waals surface area (Å²) in [5.41, 5.74) is 2.48. The van der Waals surface area contributed by atoms with Gasteiger partial charge in [0.05, 0.1) is 30.2 Å². The minimum atomic E-state index is -4.97. The molecule has 1 amide bonds. The van der Waals surface area contributed by atoms with Crippen LogP contribution >= 0.6 is 0 Å². The molecule has 0 saturated heterocycles. The number of alkyl halides is 6. The number of benzene rings is 1. The molecule has 1 aliphatic heterocycles. The van der Waals surface area contributed by atoms with Crippen LogP contribution in [-0.4, -0.2) is 35.8 Å². The van der Waals surface area contributed by atoms with Crippen LogP contribution in [0.3, 0.4) is 0 Å². The van der Waals surface area contributed by atoms with Gasteiger partial charge in [-0.05, 0) is 35.4 Å². The zero-order valence-corrected chi connectivity index (χ0v) is 15.3. The fourth-order valence-electron chi connectivity index (χ4n) is 3.34. The summed E-state index contributed by atoms with van der Waals surface area (Å²) < 4.78 is 83.0. The number of carbonyl (C=O) groups is 2. The Morgan fingerprint density at radius 3 is 2.23 bits per heavy atom. The minimum Gasteiger partial charge on any atom is -0.368 e. The molecule has 3 rings (SSSR count). The van der Waals surface area contributed by atoms with Crippen molar-refractivity contribution in [2.24, 2.45) is 11.7 Å². The summed E-state index contributed by atoms with van der Waals surface area (Å²) in [4.78, 5) is 25.2. The highest BCUT2D eigenvalue weighted by atomic mass is 19.4. The number of Topliss-reactive ketones (excluding diaryl/α,β-unsaturated/α-hetero) is 1. The third kappa shape index (κ3) is 4.84. The Hall–Kier alpha value is -2.82. The van der Waals surface area contributed by atoms with Crippen molar-refractivity contribution in [2.45, 2.75) is 25.1 Å². The Balaban J connectivity index is 1.74. The summed E-state index contributed by atoms with van der Waals surface area (Å²) in [5.74, 6) is -1.61. The number of hydrogen-bond acceptors (Lipinski definition) is 4. The van der Waals surface area contributed by atoms with Gasteiger partial charge in [0, 0.05) is 12.7 Å². The van der Waals surface area contributed by atoms with E-state index in [1.807, 2.05) is 0 Å². The molecule has 0 saturated carbocycles. The topological polar surface area (TPSA) is 72.6 Å². The number of fused-ring (bicyclic) bond motifs is 1. The van der Waals surface area contributed by atoms with Gasteiger partial charge in [0.2, 0.25) is 5.91 Å². The lowest BCUT2D eigenvalue weighted by molar-refractivity contribution is -0.143. The first kappa shape index (κ1) is 21.9. The van der Waals surface area contributed by atoms with Gasteiger partial charge in [0.15, 0.2) is 5.78 Å². The van der Waals surface area contributed by atoms with Crippen LogP contribution in [0, 0.1) is 5.92 Å². The van der Waals surface area contributed by atoms with Crippen molar-refractivity contribution in [1.82, 2.24) is 4.90 Å². The van der Waals surface area contributed by atoms with Crippen molar-refractivity contribution in [3.05, 3.63) is 58.8 Å². The van der Waals surface area contributed by atoms with Crippen molar-refractivity contribution in [1.29, 1.82) is 0 Å². The summed E-state index contributed by atoms with van der Waals surface area (Å²) in [6.45, 7) is -0.523. The molecule has 162 valence electrons. The number of carbonyl (C=O) groups excluding carboxylic acids is 2. The van der Waals surface area contributed by atoms with E-state index in [9.17, 15) is 35.9 Å². The predicted octanol–water partition coefficient (Wildman–Crippen LogP) is 3.05. The molecule has 1 aliphatic carbocycles. The molecule has 5 nitrogen and oxygen atoms in total. The van der Waals surface area contributed by atoms with Crippen LogP contribution in [0.5, 0.6) is 0 Å². The SMILES string of the molecule is NC(=O)CN1C=C2C=CC(OCc3cc(C(F)(F)F)cc(C(F)(F)F)c3)C(=O)C2C1. The third-order valence-electron chi connectivity index (χ3n) is 4.67. The predicted molar refractivity (Wildman–Crippen MR) is 91.5 cm³/mol. The van der Waals surface area contributed by atoms with E-state index in [4.69, 9.17) is 10.5 Å². The van der Waals surface area contributed by atoms with Crippen LogP contribution in [0.25, 0.3) is 0 Å². The molecule has 2 aliphatic rings. The van der Waals surface area contributed by atoms with Gasteiger partial charge in [-0.1, -0.05) is 6.08 Å². The largest absolute Gasteiger partial charge is 0.416 e. The summed E-state index contributed by atoms with van der Waals surface area (Å²) in [7, 11) is 0. The number of nitrogens with zero attached hydrogens (tertiary/aromatic N) is 1. The Kier molecular flexibility index (Phi) is 5.68. The first-order valence-electron chi connectivity index (χ1n) is 8.70. The first-order valence-corrected chi connectivity index (χ1v) is 8.70. The lowest BCUT2D eigenvalue weighted by Crippen LogP contribution is -2.36. The van der Waals surface area contributed by atoms with E-state index in [2.05, 4.69) is 0 Å². The number of nitrogens with two attached hydrogens (primary N) is 1. The number of allylic oxidation sites excluding steroid dienone is 1. The van der Waals surface area contributed by atoms with E-state index in [0.717, 1.165) is 0 Å². The van der Waals surface area contributed by atoms with Gasteiger partial charge in [-0.15, -0.1) is 0 Å². The molecule has 0 fully saturated rings. The smallest absolute Gasteiger partial charge is 0.368 e. The van der Waals surface area contributed by atoms with Gasteiger partial charge in [-0.3, -0.25) is 9.59 Å². The maximum absolute atomic E-state index is 12.9. The molecule has 0 spiro atoms. The number of hydrogen-bond donors (Lipinski definition) is 1.